The first-order chi connectivity index (χ1) is 6.58. The van der Waals surface area contributed by atoms with E-state index in [4.69, 9.17) is 5.73 Å². The normalized spacial score (nSPS) is 23.9. The van der Waals surface area contributed by atoms with Gasteiger partial charge >= 0.3 is 0 Å². The van der Waals surface area contributed by atoms with Crippen molar-refractivity contribution in [3.8, 4) is 0 Å². The first-order valence-electron chi connectivity index (χ1n) is 5.35. The van der Waals surface area contributed by atoms with Crippen LogP contribution >= 0.6 is 0 Å². The van der Waals surface area contributed by atoms with E-state index in [1.54, 1.807) is 0 Å². The van der Waals surface area contributed by atoms with Crippen molar-refractivity contribution < 1.29 is 4.79 Å². The van der Waals surface area contributed by atoms with Gasteiger partial charge in [0, 0.05) is 18.6 Å². The van der Waals surface area contributed by atoms with Crippen LogP contribution in [0.1, 0.15) is 26.7 Å². The minimum Gasteiger partial charge on any atom is -0.353 e. The van der Waals surface area contributed by atoms with Crippen molar-refractivity contribution in [2.24, 2.45) is 5.73 Å². The monoisotopic (exact) mass is 199 g/mol. The third kappa shape index (κ3) is 4.07. The number of amides is 1. The van der Waals surface area contributed by atoms with Crippen LogP contribution in [0, 0.1) is 0 Å². The summed E-state index contributed by atoms with van der Waals surface area (Å²) in [6.45, 7) is 6.29. The highest BCUT2D eigenvalue weighted by Crippen LogP contribution is 2.07. The number of nitrogens with one attached hydrogen (secondary N) is 1. The molecule has 0 unspecified atom stereocenters. The quantitative estimate of drug-likeness (QED) is 0.669. The van der Waals surface area contributed by atoms with E-state index in [0.29, 0.717) is 6.54 Å². The van der Waals surface area contributed by atoms with Crippen molar-refractivity contribution >= 4 is 5.91 Å². The molecular formula is C10H21N3O. The van der Waals surface area contributed by atoms with Gasteiger partial charge in [-0.2, -0.15) is 0 Å². The molecule has 0 aromatic carbocycles. The Balaban J connectivity index is 2.25. The van der Waals surface area contributed by atoms with Gasteiger partial charge in [0.15, 0.2) is 0 Å². The van der Waals surface area contributed by atoms with Crippen molar-refractivity contribution in [1.82, 2.24) is 10.2 Å². The number of piperidine rings is 1. The third-order valence-corrected chi connectivity index (χ3v) is 2.36. The number of nitrogens with zero attached hydrogens (tertiary/aromatic N) is 1. The van der Waals surface area contributed by atoms with Crippen molar-refractivity contribution in [1.29, 1.82) is 0 Å². The number of carbonyl (C=O) groups is 1. The van der Waals surface area contributed by atoms with Gasteiger partial charge in [-0.3, -0.25) is 9.69 Å². The van der Waals surface area contributed by atoms with E-state index in [0.717, 1.165) is 25.9 Å². The molecule has 1 saturated heterocycles. The summed E-state index contributed by atoms with van der Waals surface area (Å²) in [4.78, 5) is 13.6. The van der Waals surface area contributed by atoms with Gasteiger partial charge in [0.1, 0.15) is 0 Å². The van der Waals surface area contributed by atoms with E-state index in [1.807, 2.05) is 13.8 Å². The smallest absolute Gasteiger partial charge is 0.234 e. The molecule has 0 aromatic rings. The van der Waals surface area contributed by atoms with Crippen LogP contribution in [-0.2, 0) is 4.79 Å². The largest absolute Gasteiger partial charge is 0.353 e. The van der Waals surface area contributed by atoms with Crippen molar-refractivity contribution in [3.63, 3.8) is 0 Å². The van der Waals surface area contributed by atoms with Gasteiger partial charge in [0.05, 0.1) is 6.54 Å². The Bertz CT molecular complexity index is 194. The van der Waals surface area contributed by atoms with Gasteiger partial charge in [-0.15, -0.1) is 0 Å². The van der Waals surface area contributed by atoms with Gasteiger partial charge in [0.25, 0.3) is 0 Å². The molecule has 1 amide bonds. The van der Waals surface area contributed by atoms with Crippen LogP contribution in [0.25, 0.3) is 0 Å². The van der Waals surface area contributed by atoms with E-state index in [-0.39, 0.29) is 18.0 Å². The Morgan fingerprint density at radius 3 is 2.93 bits per heavy atom. The Kier molecular flexibility index (Phi) is 4.35. The Hall–Kier alpha value is -0.610. The van der Waals surface area contributed by atoms with Gasteiger partial charge in [-0.25, -0.2) is 0 Å². The Morgan fingerprint density at radius 2 is 2.36 bits per heavy atom. The molecule has 0 aromatic heterocycles. The first kappa shape index (κ1) is 11.5. The SMILES string of the molecule is CC(C)NC(=O)CN1CCC[C@H](N)C1. The van der Waals surface area contributed by atoms with E-state index in [1.165, 1.54) is 0 Å². The molecule has 1 atom stereocenters. The molecule has 1 heterocycles. The van der Waals surface area contributed by atoms with Gasteiger partial charge in [-0.1, -0.05) is 0 Å². The zero-order chi connectivity index (χ0) is 10.6. The zero-order valence-corrected chi connectivity index (χ0v) is 9.12. The molecule has 4 nitrogen and oxygen atoms in total. The number of hydrogen-bond acceptors (Lipinski definition) is 3. The predicted octanol–water partition coefficient (Wildman–Crippen LogP) is -0.0659. The lowest BCUT2D eigenvalue weighted by atomic mass is 10.1. The molecule has 0 spiro atoms. The second-order valence-electron chi connectivity index (χ2n) is 4.36. The minimum absolute atomic E-state index is 0.106. The second kappa shape index (κ2) is 5.32. The number of likely N-dealkylation sites (tertiary alicyclic amines) is 1. The summed E-state index contributed by atoms with van der Waals surface area (Å²) in [5, 5.41) is 2.88. The number of hydrogen-bond donors (Lipinski definition) is 2. The number of nitrogens with two attached hydrogens (primary N) is 1. The highest BCUT2D eigenvalue weighted by Gasteiger charge is 2.18. The number of rotatable bonds is 3. The third-order valence-electron chi connectivity index (χ3n) is 2.36. The predicted molar refractivity (Wildman–Crippen MR) is 56.9 cm³/mol. The Labute approximate surface area is 85.8 Å². The first-order valence-corrected chi connectivity index (χ1v) is 5.35. The van der Waals surface area contributed by atoms with Crippen molar-refractivity contribution in [3.05, 3.63) is 0 Å². The molecule has 82 valence electrons. The summed E-state index contributed by atoms with van der Waals surface area (Å²) in [7, 11) is 0. The molecule has 14 heavy (non-hydrogen) atoms. The zero-order valence-electron chi connectivity index (χ0n) is 9.12. The molecule has 0 saturated carbocycles. The summed E-state index contributed by atoms with van der Waals surface area (Å²) in [6.07, 6.45) is 2.19. The van der Waals surface area contributed by atoms with E-state index in [2.05, 4.69) is 10.2 Å². The standard InChI is InChI=1S/C10H21N3O/c1-8(2)12-10(14)7-13-5-3-4-9(11)6-13/h8-9H,3-7,11H2,1-2H3,(H,12,14)/t9-/m0/s1. The highest BCUT2D eigenvalue weighted by atomic mass is 16.2. The van der Waals surface area contributed by atoms with Crippen LogP contribution in [-0.4, -0.2) is 42.5 Å². The van der Waals surface area contributed by atoms with Crippen molar-refractivity contribution in [2.75, 3.05) is 19.6 Å². The molecule has 1 fully saturated rings. The maximum absolute atomic E-state index is 11.4. The van der Waals surface area contributed by atoms with E-state index < -0.39 is 0 Å². The van der Waals surface area contributed by atoms with Crippen LogP contribution < -0.4 is 11.1 Å². The topological polar surface area (TPSA) is 58.4 Å². The fraction of sp³-hybridized carbons (Fsp3) is 0.900. The average Bonchev–Trinajstić information content (AvgIpc) is 2.01. The molecule has 0 radical (unpaired) electrons. The summed E-state index contributed by atoms with van der Waals surface area (Å²) < 4.78 is 0. The molecule has 0 aliphatic carbocycles. The molecule has 1 rings (SSSR count). The number of carbonyl (C=O) groups excluding carboxylic acids is 1. The lowest BCUT2D eigenvalue weighted by molar-refractivity contribution is -0.123. The fourth-order valence-corrected chi connectivity index (χ4v) is 1.81. The molecule has 1 aliphatic rings. The van der Waals surface area contributed by atoms with Crippen molar-refractivity contribution in [2.45, 2.75) is 38.8 Å². The van der Waals surface area contributed by atoms with E-state index in [9.17, 15) is 4.79 Å². The van der Waals surface area contributed by atoms with Crippen LogP contribution in [0.15, 0.2) is 0 Å². The van der Waals surface area contributed by atoms with Crippen LogP contribution in [0.4, 0.5) is 0 Å². The summed E-state index contributed by atoms with van der Waals surface area (Å²) in [5.41, 5.74) is 5.83. The Morgan fingerprint density at radius 1 is 1.64 bits per heavy atom. The molecule has 3 N–H and O–H groups in total. The van der Waals surface area contributed by atoms with Crippen LogP contribution in [0.2, 0.25) is 0 Å². The molecule has 0 bridgehead atoms. The highest BCUT2D eigenvalue weighted by molar-refractivity contribution is 5.78. The van der Waals surface area contributed by atoms with E-state index >= 15 is 0 Å². The maximum atomic E-state index is 11.4. The summed E-state index contributed by atoms with van der Waals surface area (Å²) >= 11 is 0. The average molecular weight is 199 g/mol. The van der Waals surface area contributed by atoms with Gasteiger partial charge in [-0.05, 0) is 33.2 Å². The van der Waals surface area contributed by atoms with Gasteiger partial charge in [0.2, 0.25) is 5.91 Å². The minimum atomic E-state index is 0.106. The second-order valence-corrected chi connectivity index (χ2v) is 4.36. The lowest BCUT2D eigenvalue weighted by Crippen LogP contribution is -2.47. The lowest BCUT2D eigenvalue weighted by Gasteiger charge is -2.30. The maximum Gasteiger partial charge on any atom is 0.234 e. The van der Waals surface area contributed by atoms with Crippen LogP contribution in [0.3, 0.4) is 0 Å². The molecular weight excluding hydrogens is 178 g/mol. The molecule has 4 heteroatoms. The molecule has 1 aliphatic heterocycles. The summed E-state index contributed by atoms with van der Waals surface area (Å²) in [6, 6.07) is 0.469. The van der Waals surface area contributed by atoms with Crippen LogP contribution in [0.5, 0.6) is 0 Å². The van der Waals surface area contributed by atoms with Gasteiger partial charge < -0.3 is 11.1 Å². The summed E-state index contributed by atoms with van der Waals surface area (Å²) in [5.74, 6) is 0.106. The fourth-order valence-electron chi connectivity index (χ4n) is 1.81.